The number of nitrogens with one attached hydrogen (secondary N) is 3. The molecule has 1 fully saturated rings. The summed E-state index contributed by atoms with van der Waals surface area (Å²) in [5.41, 5.74) is 0.603. The van der Waals surface area contributed by atoms with Gasteiger partial charge in [-0.2, -0.15) is 0 Å². The third kappa shape index (κ3) is 5.98. The number of urea groups is 1. The summed E-state index contributed by atoms with van der Waals surface area (Å²) in [4.78, 5) is 24.7. The van der Waals surface area contributed by atoms with Gasteiger partial charge in [-0.3, -0.25) is 10.1 Å². The Balaban J connectivity index is 1.86. The number of amides is 3. The van der Waals surface area contributed by atoms with Gasteiger partial charge in [0.1, 0.15) is 12.4 Å². The van der Waals surface area contributed by atoms with E-state index in [1.165, 1.54) is 6.07 Å². The van der Waals surface area contributed by atoms with Gasteiger partial charge in [0.25, 0.3) is 5.91 Å². The lowest BCUT2D eigenvalue weighted by Crippen LogP contribution is -3.13. The molecule has 1 aromatic rings. The number of carbonyl (C=O) groups is 2. The molecule has 3 amide bonds. The van der Waals surface area contributed by atoms with Crippen LogP contribution in [0.5, 0.6) is 0 Å². The first kappa shape index (κ1) is 17.4. The lowest BCUT2D eigenvalue weighted by atomic mass is 10.2. The second-order valence-electron chi connectivity index (χ2n) is 6.53. The van der Waals surface area contributed by atoms with Crippen LogP contribution in [-0.2, 0) is 11.3 Å². The molecular weight excluding hydrogens is 297 g/mol. The third-order valence-electron chi connectivity index (χ3n) is 3.84. The molecular formula is C17H25FN3O2+. The molecule has 3 N–H and O–H groups in total. The lowest BCUT2D eigenvalue weighted by Gasteiger charge is -2.19. The van der Waals surface area contributed by atoms with Gasteiger partial charge in [0, 0.05) is 24.9 Å². The maximum atomic E-state index is 13.8. The molecule has 0 spiro atoms. The van der Waals surface area contributed by atoms with E-state index in [9.17, 15) is 14.0 Å². The number of carbonyl (C=O) groups excluding carboxylic acids is 2. The summed E-state index contributed by atoms with van der Waals surface area (Å²) in [5.74, 6) is -0.254. The van der Waals surface area contributed by atoms with Crippen molar-refractivity contribution in [1.82, 2.24) is 10.6 Å². The van der Waals surface area contributed by atoms with E-state index in [2.05, 4.69) is 10.6 Å². The van der Waals surface area contributed by atoms with Crippen LogP contribution in [0.4, 0.5) is 9.18 Å². The minimum Gasteiger partial charge on any atom is -0.338 e. The van der Waals surface area contributed by atoms with E-state index >= 15 is 0 Å². The number of quaternary nitrogens is 1. The number of hydrogen-bond acceptors (Lipinski definition) is 2. The van der Waals surface area contributed by atoms with Crippen LogP contribution in [0.1, 0.15) is 32.3 Å². The van der Waals surface area contributed by atoms with Gasteiger partial charge in [-0.25, -0.2) is 9.18 Å². The predicted molar refractivity (Wildman–Crippen MR) is 85.3 cm³/mol. The summed E-state index contributed by atoms with van der Waals surface area (Å²) in [6, 6.07) is 6.53. The van der Waals surface area contributed by atoms with Gasteiger partial charge in [-0.05, 0) is 12.0 Å². The first-order valence-corrected chi connectivity index (χ1v) is 8.11. The van der Waals surface area contributed by atoms with E-state index in [4.69, 9.17) is 0 Å². The van der Waals surface area contributed by atoms with Gasteiger partial charge in [-0.1, -0.05) is 32.0 Å². The Hall–Kier alpha value is -1.95. The first-order valence-electron chi connectivity index (χ1n) is 8.11. The van der Waals surface area contributed by atoms with Crippen LogP contribution in [0.25, 0.3) is 0 Å². The van der Waals surface area contributed by atoms with Gasteiger partial charge < -0.3 is 10.2 Å². The summed E-state index contributed by atoms with van der Waals surface area (Å²) in [7, 11) is 0. The van der Waals surface area contributed by atoms with Crippen LogP contribution in [0, 0.1) is 11.7 Å². The molecule has 1 saturated carbocycles. The Morgan fingerprint density at radius 3 is 2.61 bits per heavy atom. The molecule has 0 saturated heterocycles. The highest BCUT2D eigenvalue weighted by Gasteiger charge is 2.35. The number of imide groups is 1. The highest BCUT2D eigenvalue weighted by atomic mass is 19.1. The van der Waals surface area contributed by atoms with Gasteiger partial charge in [-0.15, -0.1) is 0 Å². The second kappa shape index (κ2) is 8.06. The van der Waals surface area contributed by atoms with E-state index in [1.807, 2.05) is 13.8 Å². The fraction of sp³-hybridized carbons (Fsp3) is 0.529. The Labute approximate surface area is 136 Å². The molecule has 5 nitrogen and oxygen atoms in total. The quantitative estimate of drug-likeness (QED) is 0.697. The van der Waals surface area contributed by atoms with Crippen molar-refractivity contribution in [3.63, 3.8) is 0 Å². The fourth-order valence-electron chi connectivity index (χ4n) is 2.45. The number of halogens is 1. The Kier molecular flexibility index (Phi) is 6.10. The number of rotatable bonds is 7. The molecule has 6 heteroatoms. The van der Waals surface area contributed by atoms with Crippen LogP contribution >= 0.6 is 0 Å². The standard InChI is InChI=1S/C17H24FN3O2/c1-12(2)9-19-17(23)20-16(22)11-21(14-7-8-14)10-13-5-3-4-6-15(13)18/h3-6,12,14H,7-11H2,1-2H3,(H2,19,20,22,23)/p+1. The van der Waals surface area contributed by atoms with Crippen molar-refractivity contribution in [3.8, 4) is 0 Å². The van der Waals surface area contributed by atoms with Crippen molar-refractivity contribution in [1.29, 1.82) is 0 Å². The van der Waals surface area contributed by atoms with Crippen molar-refractivity contribution in [2.75, 3.05) is 13.1 Å². The van der Waals surface area contributed by atoms with Crippen LogP contribution in [0.3, 0.4) is 0 Å². The SMILES string of the molecule is CC(C)CNC(=O)NC(=O)C[NH+](Cc1ccccc1F)C1CC1. The van der Waals surface area contributed by atoms with E-state index in [1.54, 1.807) is 18.2 Å². The summed E-state index contributed by atoms with van der Waals surface area (Å²) < 4.78 is 13.8. The smallest absolute Gasteiger partial charge is 0.321 e. The normalized spacial score (nSPS) is 15.3. The molecule has 0 bridgehead atoms. The summed E-state index contributed by atoms with van der Waals surface area (Å²) in [6.07, 6.45) is 2.08. The number of benzene rings is 1. The van der Waals surface area contributed by atoms with Crippen molar-refractivity contribution < 1.29 is 18.9 Å². The van der Waals surface area contributed by atoms with E-state index < -0.39 is 6.03 Å². The van der Waals surface area contributed by atoms with Gasteiger partial charge in [0.2, 0.25) is 0 Å². The second-order valence-corrected chi connectivity index (χ2v) is 6.53. The van der Waals surface area contributed by atoms with E-state index in [0.29, 0.717) is 30.6 Å². The zero-order valence-corrected chi connectivity index (χ0v) is 13.7. The molecule has 2 rings (SSSR count). The van der Waals surface area contributed by atoms with Gasteiger partial charge in [0.05, 0.1) is 6.04 Å². The molecule has 1 aliphatic rings. The van der Waals surface area contributed by atoms with Crippen LogP contribution in [-0.4, -0.2) is 31.1 Å². The summed E-state index contributed by atoms with van der Waals surface area (Å²) in [5, 5.41) is 5.00. The average Bonchev–Trinajstić information content (AvgIpc) is 3.31. The van der Waals surface area contributed by atoms with E-state index in [0.717, 1.165) is 17.7 Å². The van der Waals surface area contributed by atoms with Crippen LogP contribution in [0.2, 0.25) is 0 Å². The monoisotopic (exact) mass is 322 g/mol. The minimum atomic E-state index is -0.468. The van der Waals surface area contributed by atoms with Crippen molar-refractivity contribution in [3.05, 3.63) is 35.6 Å². The number of hydrogen-bond donors (Lipinski definition) is 3. The van der Waals surface area contributed by atoms with Crippen LogP contribution in [0.15, 0.2) is 24.3 Å². The molecule has 0 aromatic heterocycles. The topological polar surface area (TPSA) is 62.6 Å². The molecule has 0 aliphatic heterocycles. The molecule has 0 heterocycles. The average molecular weight is 322 g/mol. The van der Waals surface area contributed by atoms with Crippen molar-refractivity contribution in [2.24, 2.45) is 5.92 Å². The molecule has 0 radical (unpaired) electrons. The Morgan fingerprint density at radius 1 is 1.30 bits per heavy atom. The van der Waals surface area contributed by atoms with E-state index in [-0.39, 0.29) is 18.3 Å². The van der Waals surface area contributed by atoms with Crippen LogP contribution < -0.4 is 15.5 Å². The first-order chi connectivity index (χ1) is 11.0. The van der Waals surface area contributed by atoms with Crippen molar-refractivity contribution >= 4 is 11.9 Å². The molecule has 23 heavy (non-hydrogen) atoms. The summed E-state index contributed by atoms with van der Waals surface area (Å²) in [6.45, 7) is 5.12. The zero-order valence-electron chi connectivity index (χ0n) is 13.7. The fourth-order valence-corrected chi connectivity index (χ4v) is 2.45. The molecule has 1 aromatic carbocycles. The Morgan fingerprint density at radius 2 is 2.00 bits per heavy atom. The lowest BCUT2D eigenvalue weighted by molar-refractivity contribution is -0.917. The maximum absolute atomic E-state index is 13.8. The predicted octanol–water partition coefficient (Wildman–Crippen LogP) is 0.855. The highest BCUT2D eigenvalue weighted by molar-refractivity contribution is 5.94. The molecule has 1 unspecified atom stereocenters. The van der Waals surface area contributed by atoms with Gasteiger partial charge >= 0.3 is 6.03 Å². The maximum Gasteiger partial charge on any atom is 0.321 e. The Bertz CT molecular complexity index is 559. The molecule has 126 valence electrons. The highest BCUT2D eigenvalue weighted by Crippen LogP contribution is 2.16. The van der Waals surface area contributed by atoms with Crippen molar-refractivity contribution in [2.45, 2.75) is 39.3 Å². The molecule has 1 atom stereocenters. The largest absolute Gasteiger partial charge is 0.338 e. The zero-order chi connectivity index (χ0) is 16.8. The third-order valence-corrected chi connectivity index (χ3v) is 3.84. The minimum absolute atomic E-state index is 0.175. The van der Waals surface area contributed by atoms with Gasteiger partial charge in [0.15, 0.2) is 6.54 Å². The molecule has 1 aliphatic carbocycles. The summed E-state index contributed by atoms with van der Waals surface area (Å²) >= 11 is 0.